The summed E-state index contributed by atoms with van der Waals surface area (Å²) >= 11 is 0. The molecule has 2 heteroatoms. The topological polar surface area (TPSA) is 26.3 Å². The molecule has 0 amide bonds. The average molecular weight is 204 g/mol. The Hall–Kier alpha value is -1.31. The van der Waals surface area contributed by atoms with Crippen molar-refractivity contribution in [3.8, 4) is 0 Å². The van der Waals surface area contributed by atoms with Crippen molar-refractivity contribution in [2.24, 2.45) is 5.92 Å². The molecule has 1 saturated heterocycles. The summed E-state index contributed by atoms with van der Waals surface area (Å²) in [4.78, 5) is 11.1. The maximum atomic E-state index is 11.1. The number of aryl methyl sites for hydroxylation is 1. The van der Waals surface area contributed by atoms with Crippen molar-refractivity contribution in [3.63, 3.8) is 0 Å². The zero-order chi connectivity index (χ0) is 10.7. The van der Waals surface area contributed by atoms with Crippen LogP contribution in [0.5, 0.6) is 0 Å². The first-order chi connectivity index (χ1) is 7.31. The highest BCUT2D eigenvalue weighted by Crippen LogP contribution is 2.28. The van der Waals surface area contributed by atoms with Crippen LogP contribution >= 0.6 is 0 Å². The Kier molecular flexibility index (Phi) is 3.05. The number of carbonyl (C=O) groups is 1. The molecule has 1 fully saturated rings. The van der Waals surface area contributed by atoms with Gasteiger partial charge in [-0.2, -0.15) is 0 Å². The molecule has 15 heavy (non-hydrogen) atoms. The van der Waals surface area contributed by atoms with Crippen LogP contribution < -0.4 is 0 Å². The molecule has 0 unspecified atom stereocenters. The van der Waals surface area contributed by atoms with Crippen LogP contribution in [-0.2, 0) is 16.0 Å². The molecule has 0 saturated carbocycles. The van der Waals surface area contributed by atoms with Crippen LogP contribution in [0, 0.1) is 5.92 Å². The molecule has 1 aromatic rings. The fourth-order valence-corrected chi connectivity index (χ4v) is 2.04. The van der Waals surface area contributed by atoms with Crippen LogP contribution in [0.25, 0.3) is 0 Å². The Balaban J connectivity index is 1.82. The molecule has 2 nitrogen and oxygen atoms in total. The number of hydrogen-bond acceptors (Lipinski definition) is 2. The van der Waals surface area contributed by atoms with Crippen molar-refractivity contribution in [2.75, 3.05) is 0 Å². The van der Waals surface area contributed by atoms with Gasteiger partial charge in [-0.25, -0.2) is 0 Å². The summed E-state index contributed by atoms with van der Waals surface area (Å²) in [6.45, 7) is 2.04. The quantitative estimate of drug-likeness (QED) is 0.704. The lowest BCUT2D eigenvalue weighted by Crippen LogP contribution is -2.44. The smallest absolute Gasteiger partial charge is 0.312 e. The molecular formula is C13H16O2. The van der Waals surface area contributed by atoms with E-state index >= 15 is 0 Å². The zero-order valence-electron chi connectivity index (χ0n) is 8.98. The predicted molar refractivity (Wildman–Crippen MR) is 58.4 cm³/mol. The second-order valence-electron chi connectivity index (χ2n) is 4.01. The van der Waals surface area contributed by atoms with E-state index in [4.69, 9.17) is 4.74 Å². The number of hydrogen-bond donors (Lipinski definition) is 0. The fraction of sp³-hybridized carbons (Fsp3) is 0.462. The van der Waals surface area contributed by atoms with Gasteiger partial charge in [0.2, 0.25) is 0 Å². The van der Waals surface area contributed by atoms with Gasteiger partial charge in [0.25, 0.3) is 0 Å². The van der Waals surface area contributed by atoms with Gasteiger partial charge in [0.1, 0.15) is 6.10 Å². The number of esters is 1. The summed E-state index contributed by atoms with van der Waals surface area (Å²) in [5.41, 5.74) is 1.32. The molecule has 1 heterocycles. The molecule has 80 valence electrons. The van der Waals surface area contributed by atoms with Gasteiger partial charge in [-0.15, -0.1) is 0 Å². The predicted octanol–water partition coefficient (Wildman–Crippen LogP) is 2.57. The maximum Gasteiger partial charge on any atom is 0.312 e. The van der Waals surface area contributed by atoms with Gasteiger partial charge in [0.15, 0.2) is 0 Å². The molecule has 0 bridgehead atoms. The number of benzene rings is 1. The molecule has 0 N–H and O–H groups in total. The van der Waals surface area contributed by atoms with E-state index in [1.807, 2.05) is 25.1 Å². The highest BCUT2D eigenvalue weighted by Gasteiger charge is 2.40. The van der Waals surface area contributed by atoms with Crippen molar-refractivity contribution in [1.82, 2.24) is 0 Å². The van der Waals surface area contributed by atoms with Crippen LogP contribution in [-0.4, -0.2) is 12.1 Å². The third kappa shape index (κ3) is 2.20. The molecular weight excluding hydrogens is 188 g/mol. The van der Waals surface area contributed by atoms with Crippen LogP contribution in [0.1, 0.15) is 25.3 Å². The molecule has 0 spiro atoms. The number of ether oxygens (including phenoxy) is 1. The maximum absolute atomic E-state index is 11.1. The van der Waals surface area contributed by atoms with Crippen molar-refractivity contribution in [3.05, 3.63) is 35.9 Å². The van der Waals surface area contributed by atoms with Gasteiger partial charge in [0.05, 0.1) is 5.92 Å². The largest absolute Gasteiger partial charge is 0.461 e. The van der Waals surface area contributed by atoms with E-state index in [-0.39, 0.29) is 18.0 Å². The first-order valence-corrected chi connectivity index (χ1v) is 5.55. The van der Waals surface area contributed by atoms with E-state index < -0.39 is 0 Å². The second kappa shape index (κ2) is 4.47. The Bertz CT molecular complexity index is 332. The van der Waals surface area contributed by atoms with Gasteiger partial charge < -0.3 is 4.74 Å². The Morgan fingerprint density at radius 2 is 2.00 bits per heavy atom. The summed E-state index contributed by atoms with van der Waals surface area (Å²) < 4.78 is 5.13. The highest BCUT2D eigenvalue weighted by atomic mass is 16.6. The van der Waals surface area contributed by atoms with Crippen LogP contribution in [0.4, 0.5) is 0 Å². The third-order valence-electron chi connectivity index (χ3n) is 3.02. The second-order valence-corrected chi connectivity index (χ2v) is 4.01. The Morgan fingerprint density at radius 3 is 2.60 bits per heavy atom. The zero-order valence-corrected chi connectivity index (χ0v) is 8.98. The minimum absolute atomic E-state index is 0.0180. The van der Waals surface area contributed by atoms with E-state index in [9.17, 15) is 4.79 Å². The van der Waals surface area contributed by atoms with Crippen molar-refractivity contribution < 1.29 is 9.53 Å². The van der Waals surface area contributed by atoms with E-state index in [2.05, 4.69) is 12.1 Å². The molecule has 2 atom stereocenters. The van der Waals surface area contributed by atoms with Gasteiger partial charge in [-0.3, -0.25) is 4.79 Å². The molecule has 0 radical (unpaired) electrons. The SMILES string of the molecule is CC[C@@H]1C(=O)O[C@H]1CCc1ccccc1. The molecule has 2 rings (SSSR count). The first-order valence-electron chi connectivity index (χ1n) is 5.55. The van der Waals surface area contributed by atoms with E-state index in [0.29, 0.717) is 0 Å². The van der Waals surface area contributed by atoms with Gasteiger partial charge in [-0.05, 0) is 24.8 Å². The van der Waals surface area contributed by atoms with Gasteiger partial charge in [-0.1, -0.05) is 37.3 Å². The summed E-state index contributed by atoms with van der Waals surface area (Å²) in [6, 6.07) is 10.3. The van der Waals surface area contributed by atoms with Gasteiger partial charge >= 0.3 is 5.97 Å². The number of cyclic esters (lactones) is 1. The summed E-state index contributed by atoms with van der Waals surface area (Å²) in [6.07, 6.45) is 3.00. The molecule has 0 aromatic heterocycles. The van der Waals surface area contributed by atoms with Crippen molar-refractivity contribution in [2.45, 2.75) is 32.3 Å². The summed E-state index contributed by atoms with van der Waals surface area (Å²) in [7, 11) is 0. The highest BCUT2D eigenvalue weighted by molar-refractivity contribution is 5.78. The van der Waals surface area contributed by atoms with Crippen LogP contribution in [0.2, 0.25) is 0 Å². The van der Waals surface area contributed by atoms with E-state index in [1.165, 1.54) is 5.56 Å². The lowest BCUT2D eigenvalue weighted by Gasteiger charge is -2.34. The molecule has 1 aliphatic rings. The van der Waals surface area contributed by atoms with Crippen LogP contribution in [0.3, 0.4) is 0 Å². The molecule has 1 aliphatic heterocycles. The third-order valence-corrected chi connectivity index (χ3v) is 3.02. The normalized spacial score (nSPS) is 24.5. The first kappa shape index (κ1) is 10.2. The lowest BCUT2D eigenvalue weighted by atomic mass is 9.90. The fourth-order valence-electron chi connectivity index (χ4n) is 2.04. The molecule has 1 aromatic carbocycles. The monoisotopic (exact) mass is 204 g/mol. The summed E-state index contributed by atoms with van der Waals surface area (Å²) in [5, 5.41) is 0. The summed E-state index contributed by atoms with van der Waals surface area (Å²) in [5.74, 6) is 0.129. The van der Waals surface area contributed by atoms with Crippen molar-refractivity contribution >= 4 is 5.97 Å². The average Bonchev–Trinajstić information content (AvgIpc) is 2.26. The Labute approximate surface area is 90.3 Å². The minimum Gasteiger partial charge on any atom is -0.461 e. The molecule has 0 aliphatic carbocycles. The standard InChI is InChI=1S/C13H16O2/c1-2-11-12(15-13(11)14)9-8-10-6-4-3-5-7-10/h3-7,11-12H,2,8-9H2,1H3/t11-,12-/m0/s1. The number of carbonyl (C=O) groups excluding carboxylic acids is 1. The van der Waals surface area contributed by atoms with E-state index in [1.54, 1.807) is 0 Å². The van der Waals surface area contributed by atoms with Gasteiger partial charge in [0, 0.05) is 0 Å². The Morgan fingerprint density at radius 1 is 1.27 bits per heavy atom. The minimum atomic E-state index is -0.0180. The number of rotatable bonds is 4. The van der Waals surface area contributed by atoms with E-state index in [0.717, 1.165) is 19.3 Å². The van der Waals surface area contributed by atoms with Crippen LogP contribution in [0.15, 0.2) is 30.3 Å². The lowest BCUT2D eigenvalue weighted by molar-refractivity contribution is -0.185. The van der Waals surface area contributed by atoms with Crippen molar-refractivity contribution in [1.29, 1.82) is 0 Å².